The van der Waals surface area contributed by atoms with Gasteiger partial charge in [0.25, 0.3) is 0 Å². The first-order chi connectivity index (χ1) is 6.72. The average Bonchev–Trinajstić information content (AvgIpc) is 2.21. The van der Waals surface area contributed by atoms with E-state index < -0.39 is 6.10 Å². The summed E-state index contributed by atoms with van der Waals surface area (Å²) in [6.45, 7) is 0.867. The van der Waals surface area contributed by atoms with Crippen LogP contribution in [0.2, 0.25) is 0 Å². The van der Waals surface area contributed by atoms with Crippen molar-refractivity contribution in [1.29, 1.82) is 0 Å². The van der Waals surface area contributed by atoms with E-state index in [-0.39, 0.29) is 30.9 Å². The van der Waals surface area contributed by atoms with Crippen LogP contribution in [0.25, 0.3) is 0 Å². The molecule has 0 aromatic heterocycles. The van der Waals surface area contributed by atoms with Crippen molar-refractivity contribution >= 4 is 21.7 Å². The number of carbonyl (C=O) groups is 1. The van der Waals surface area contributed by atoms with Crippen molar-refractivity contribution in [3.8, 4) is 0 Å². The quantitative estimate of drug-likeness (QED) is 0.430. The Morgan fingerprint density at radius 3 is 2.50 bits per heavy atom. The second-order valence-electron chi connectivity index (χ2n) is 2.53. The smallest absolute Gasteiger partial charge is 0.174 e. The van der Waals surface area contributed by atoms with E-state index in [1.54, 1.807) is 0 Å². The molecule has 0 saturated carbocycles. The molecule has 0 amide bonds. The predicted molar refractivity (Wildman–Crippen MR) is 53.5 cm³/mol. The Morgan fingerprint density at radius 2 is 1.93 bits per heavy atom. The summed E-state index contributed by atoms with van der Waals surface area (Å²) < 4.78 is 9.87. The minimum atomic E-state index is -1.08. The number of alkyl halides is 1. The van der Waals surface area contributed by atoms with Gasteiger partial charge in [-0.05, 0) is 0 Å². The third kappa shape index (κ3) is 7.40. The number of hydrogen-bond acceptors (Lipinski definition) is 5. The van der Waals surface area contributed by atoms with Crippen LogP contribution in [0.3, 0.4) is 0 Å². The number of hydrogen-bond donors (Lipinski definition) is 2. The first-order valence-corrected chi connectivity index (χ1v) is 5.37. The largest absolute Gasteiger partial charge is 0.394 e. The number of aliphatic hydroxyl groups is 2. The molecule has 2 N–H and O–H groups in total. The Morgan fingerprint density at radius 1 is 1.29 bits per heavy atom. The van der Waals surface area contributed by atoms with Crippen LogP contribution in [-0.4, -0.2) is 60.5 Å². The molecule has 0 bridgehead atoms. The van der Waals surface area contributed by atoms with Crippen LogP contribution in [0, 0.1) is 0 Å². The maximum absolute atomic E-state index is 10.8. The van der Waals surface area contributed by atoms with E-state index in [9.17, 15) is 4.79 Å². The van der Waals surface area contributed by atoms with Crippen LogP contribution in [0.5, 0.6) is 0 Å². The summed E-state index contributed by atoms with van der Waals surface area (Å²) in [6, 6.07) is 0. The van der Waals surface area contributed by atoms with E-state index >= 15 is 0 Å². The molecule has 0 heterocycles. The molecule has 1 atom stereocenters. The van der Waals surface area contributed by atoms with Gasteiger partial charge in [0.1, 0.15) is 6.10 Å². The lowest BCUT2D eigenvalue weighted by Crippen LogP contribution is -2.27. The van der Waals surface area contributed by atoms with Crippen molar-refractivity contribution in [1.82, 2.24) is 0 Å². The molecule has 0 spiro atoms. The van der Waals surface area contributed by atoms with E-state index in [1.807, 2.05) is 0 Å². The van der Waals surface area contributed by atoms with Gasteiger partial charge in [0, 0.05) is 0 Å². The molecule has 14 heavy (non-hydrogen) atoms. The summed E-state index contributed by atoms with van der Waals surface area (Å²) in [7, 11) is 0. The molecule has 0 saturated heterocycles. The van der Waals surface area contributed by atoms with Crippen molar-refractivity contribution in [2.75, 3.05) is 38.4 Å². The average molecular weight is 271 g/mol. The first kappa shape index (κ1) is 14.0. The number of ketones is 1. The van der Waals surface area contributed by atoms with Gasteiger partial charge in [0.15, 0.2) is 5.78 Å². The third-order valence-electron chi connectivity index (χ3n) is 1.39. The Labute approximate surface area is 91.1 Å². The molecule has 0 aliphatic heterocycles. The normalized spacial score (nSPS) is 12.8. The standard InChI is InChI=1S/C8H15BrO5/c9-5-7(11)8(12)6-14-4-3-13-2-1-10/h8,10,12H,1-6H2. The van der Waals surface area contributed by atoms with Crippen molar-refractivity contribution in [2.24, 2.45) is 0 Å². The second kappa shape index (κ2) is 9.54. The second-order valence-corrected chi connectivity index (χ2v) is 3.09. The Balaban J connectivity index is 3.23. The molecule has 0 fully saturated rings. The van der Waals surface area contributed by atoms with E-state index in [1.165, 1.54) is 0 Å². The summed E-state index contributed by atoms with van der Waals surface area (Å²) >= 11 is 2.94. The molecule has 1 unspecified atom stereocenters. The van der Waals surface area contributed by atoms with E-state index in [0.29, 0.717) is 13.2 Å². The van der Waals surface area contributed by atoms with E-state index in [2.05, 4.69) is 15.9 Å². The number of aliphatic hydroxyl groups excluding tert-OH is 2. The minimum absolute atomic E-state index is 0.0209. The summed E-state index contributed by atoms with van der Waals surface area (Å²) in [4.78, 5) is 10.8. The van der Waals surface area contributed by atoms with Crippen LogP contribution in [-0.2, 0) is 14.3 Å². The number of rotatable bonds is 9. The van der Waals surface area contributed by atoms with E-state index in [0.717, 1.165) is 0 Å². The maximum Gasteiger partial charge on any atom is 0.174 e. The Bertz CT molecular complexity index is 153. The summed E-state index contributed by atoms with van der Waals surface area (Å²) in [5, 5.41) is 17.6. The molecular formula is C8H15BrO5. The zero-order chi connectivity index (χ0) is 10.8. The molecular weight excluding hydrogens is 256 g/mol. The molecule has 84 valence electrons. The fourth-order valence-electron chi connectivity index (χ4n) is 0.661. The van der Waals surface area contributed by atoms with Crippen molar-refractivity contribution < 1.29 is 24.5 Å². The fraction of sp³-hybridized carbons (Fsp3) is 0.875. The van der Waals surface area contributed by atoms with E-state index in [4.69, 9.17) is 19.7 Å². The summed E-state index contributed by atoms with van der Waals surface area (Å²) in [6.07, 6.45) is -1.08. The van der Waals surface area contributed by atoms with Crippen molar-refractivity contribution in [3.05, 3.63) is 0 Å². The highest BCUT2D eigenvalue weighted by atomic mass is 79.9. The highest BCUT2D eigenvalue weighted by molar-refractivity contribution is 9.09. The van der Waals surface area contributed by atoms with Crippen LogP contribution < -0.4 is 0 Å². The van der Waals surface area contributed by atoms with Gasteiger partial charge in [-0.25, -0.2) is 0 Å². The van der Waals surface area contributed by atoms with Gasteiger partial charge < -0.3 is 19.7 Å². The van der Waals surface area contributed by atoms with Crippen LogP contribution in [0.15, 0.2) is 0 Å². The van der Waals surface area contributed by atoms with Crippen molar-refractivity contribution in [2.45, 2.75) is 6.10 Å². The van der Waals surface area contributed by atoms with Crippen LogP contribution in [0.4, 0.5) is 0 Å². The van der Waals surface area contributed by atoms with Gasteiger partial charge in [-0.3, -0.25) is 4.79 Å². The summed E-state index contributed by atoms with van der Waals surface area (Å²) in [5.41, 5.74) is 0. The number of ether oxygens (including phenoxy) is 2. The minimum Gasteiger partial charge on any atom is -0.394 e. The molecule has 6 heteroatoms. The van der Waals surface area contributed by atoms with Gasteiger partial charge in [-0.2, -0.15) is 0 Å². The highest BCUT2D eigenvalue weighted by Gasteiger charge is 2.12. The molecule has 5 nitrogen and oxygen atoms in total. The van der Waals surface area contributed by atoms with Crippen LogP contribution >= 0.6 is 15.9 Å². The monoisotopic (exact) mass is 270 g/mol. The molecule has 0 rings (SSSR count). The zero-order valence-electron chi connectivity index (χ0n) is 7.82. The van der Waals surface area contributed by atoms with Gasteiger partial charge in [0.05, 0.1) is 38.4 Å². The van der Waals surface area contributed by atoms with Crippen molar-refractivity contribution in [3.63, 3.8) is 0 Å². The number of carbonyl (C=O) groups excluding carboxylic acids is 1. The Kier molecular flexibility index (Phi) is 9.53. The number of halogens is 1. The third-order valence-corrected chi connectivity index (χ3v) is 1.94. The fourth-order valence-corrected chi connectivity index (χ4v) is 1.04. The van der Waals surface area contributed by atoms with Crippen LogP contribution in [0.1, 0.15) is 0 Å². The highest BCUT2D eigenvalue weighted by Crippen LogP contribution is 1.92. The number of Topliss-reactive ketones (excluding diaryl/α,β-unsaturated/α-hetero) is 1. The van der Waals surface area contributed by atoms with Gasteiger partial charge in [-0.1, -0.05) is 15.9 Å². The molecule has 0 aliphatic rings. The summed E-state index contributed by atoms with van der Waals surface area (Å²) in [5.74, 6) is -0.304. The molecule has 0 aromatic carbocycles. The van der Waals surface area contributed by atoms with Gasteiger partial charge in [-0.15, -0.1) is 0 Å². The lowest BCUT2D eigenvalue weighted by atomic mass is 10.3. The maximum atomic E-state index is 10.8. The predicted octanol–water partition coefficient (Wildman–Crippen LogP) is -0.663. The molecule has 0 radical (unpaired) electrons. The lowest BCUT2D eigenvalue weighted by molar-refractivity contribution is -0.127. The lowest BCUT2D eigenvalue weighted by Gasteiger charge is -2.08. The first-order valence-electron chi connectivity index (χ1n) is 4.25. The topological polar surface area (TPSA) is 76.0 Å². The Hall–Kier alpha value is -0.0100. The van der Waals surface area contributed by atoms with Gasteiger partial charge >= 0.3 is 0 Å². The zero-order valence-corrected chi connectivity index (χ0v) is 9.40. The molecule has 0 aliphatic carbocycles. The molecule has 0 aromatic rings. The SMILES string of the molecule is O=C(CBr)C(O)COCCOCCO. The van der Waals surface area contributed by atoms with Gasteiger partial charge in [0.2, 0.25) is 0 Å².